The van der Waals surface area contributed by atoms with Crippen molar-refractivity contribution in [3.8, 4) is 5.75 Å². The van der Waals surface area contributed by atoms with Crippen LogP contribution in [0.1, 0.15) is 24.3 Å². The third kappa shape index (κ3) is 4.47. The molecule has 0 saturated carbocycles. The Morgan fingerprint density at radius 3 is 2.77 bits per heavy atom. The highest BCUT2D eigenvalue weighted by Gasteiger charge is 2.46. The Balaban J connectivity index is 1.49. The number of methoxy groups -OCH3 is 1. The number of benzene rings is 2. The predicted molar refractivity (Wildman–Crippen MR) is 110 cm³/mol. The fourth-order valence-corrected chi connectivity index (χ4v) is 4.08. The van der Waals surface area contributed by atoms with E-state index in [0.717, 1.165) is 5.56 Å². The number of anilines is 2. The number of nitrogens with one attached hydrogen (secondary N) is 2. The Labute approximate surface area is 178 Å². The number of aliphatic hydroxyl groups is 1. The molecule has 0 aromatic heterocycles. The van der Waals surface area contributed by atoms with Gasteiger partial charge in [0.05, 0.1) is 31.9 Å². The zero-order valence-corrected chi connectivity index (χ0v) is 16.8. The number of fused-ring (bicyclic) bond motifs is 3. The Kier molecular flexibility index (Phi) is 6.06. The highest BCUT2D eigenvalue weighted by molar-refractivity contribution is 5.99. The fourth-order valence-electron chi connectivity index (χ4n) is 4.08. The summed E-state index contributed by atoms with van der Waals surface area (Å²) >= 11 is 0. The average molecular weight is 430 g/mol. The topological polar surface area (TPSA) is 106 Å². The molecular weight excluding hydrogens is 407 g/mol. The number of carbonyl (C=O) groups excluding carboxylic acids is 2. The van der Waals surface area contributed by atoms with Crippen LogP contribution in [0.5, 0.6) is 5.75 Å². The van der Waals surface area contributed by atoms with Crippen molar-refractivity contribution in [2.24, 2.45) is 0 Å². The number of amides is 2. The molecule has 2 aromatic rings. The summed E-state index contributed by atoms with van der Waals surface area (Å²) in [5, 5.41) is 14.9. The first kappa shape index (κ1) is 21.1. The molecule has 2 aliphatic rings. The van der Waals surface area contributed by atoms with Crippen LogP contribution in [0.3, 0.4) is 0 Å². The molecule has 0 bridgehead atoms. The van der Waals surface area contributed by atoms with Gasteiger partial charge in [-0.15, -0.1) is 0 Å². The van der Waals surface area contributed by atoms with Crippen molar-refractivity contribution in [1.29, 1.82) is 0 Å². The third-order valence-electron chi connectivity index (χ3n) is 5.50. The van der Waals surface area contributed by atoms with E-state index < -0.39 is 30.2 Å². The molecule has 2 heterocycles. The van der Waals surface area contributed by atoms with Crippen molar-refractivity contribution in [3.63, 3.8) is 0 Å². The number of aliphatic hydroxyl groups excluding tert-OH is 1. The quantitative estimate of drug-likeness (QED) is 0.630. The van der Waals surface area contributed by atoms with Gasteiger partial charge < -0.3 is 30.0 Å². The molecule has 164 valence electrons. The van der Waals surface area contributed by atoms with Gasteiger partial charge in [-0.2, -0.15) is 0 Å². The predicted octanol–water partition coefficient (Wildman–Crippen LogP) is 3.03. The molecule has 0 unspecified atom stereocenters. The zero-order chi connectivity index (χ0) is 22.0. The van der Waals surface area contributed by atoms with Crippen LogP contribution in [0.4, 0.5) is 20.6 Å². The van der Waals surface area contributed by atoms with Gasteiger partial charge in [-0.05, 0) is 36.8 Å². The Hall–Kier alpha value is -3.17. The molecule has 1 fully saturated rings. The molecule has 2 amide bonds. The molecule has 0 radical (unpaired) electrons. The zero-order valence-electron chi connectivity index (χ0n) is 16.8. The van der Waals surface area contributed by atoms with Crippen molar-refractivity contribution < 1.29 is 33.3 Å². The smallest absolute Gasteiger partial charge is 0.323 e. The lowest BCUT2D eigenvalue weighted by atomic mass is 9.84. The normalized spacial score (nSPS) is 23.8. The van der Waals surface area contributed by atoms with Crippen LogP contribution in [-0.2, 0) is 14.3 Å². The van der Waals surface area contributed by atoms with E-state index in [1.54, 1.807) is 24.3 Å². The van der Waals surface area contributed by atoms with Gasteiger partial charge in [0, 0.05) is 17.2 Å². The van der Waals surface area contributed by atoms with E-state index in [1.165, 1.54) is 25.3 Å². The summed E-state index contributed by atoms with van der Waals surface area (Å²) < 4.78 is 30.3. The number of hydrogen-bond acceptors (Lipinski definition) is 6. The fraction of sp³-hybridized carbons (Fsp3) is 0.364. The SMILES string of the molecule is COC(=O)C[C@@H]1C[C@@H]2c3cc(NC(=O)Nc4ccccc4F)ccc3O[C@@H]2[C@H](CO)O1. The number of rotatable bonds is 5. The van der Waals surface area contributed by atoms with Gasteiger partial charge >= 0.3 is 12.0 Å². The van der Waals surface area contributed by atoms with Gasteiger partial charge in [0.25, 0.3) is 0 Å². The van der Waals surface area contributed by atoms with Crippen LogP contribution >= 0.6 is 0 Å². The molecule has 0 spiro atoms. The van der Waals surface area contributed by atoms with E-state index in [1.807, 2.05) is 0 Å². The van der Waals surface area contributed by atoms with E-state index in [2.05, 4.69) is 10.6 Å². The van der Waals surface area contributed by atoms with Crippen LogP contribution in [0, 0.1) is 5.82 Å². The first-order valence-electron chi connectivity index (χ1n) is 9.94. The minimum Gasteiger partial charge on any atom is -0.487 e. The number of urea groups is 1. The number of carbonyl (C=O) groups is 2. The van der Waals surface area contributed by atoms with Crippen molar-refractivity contribution in [3.05, 3.63) is 53.8 Å². The Morgan fingerprint density at radius 2 is 2.03 bits per heavy atom. The maximum Gasteiger partial charge on any atom is 0.323 e. The first-order chi connectivity index (χ1) is 15.0. The number of hydrogen-bond donors (Lipinski definition) is 3. The molecule has 31 heavy (non-hydrogen) atoms. The molecular formula is C22H23FN2O6. The van der Waals surface area contributed by atoms with Crippen molar-refractivity contribution in [1.82, 2.24) is 0 Å². The van der Waals surface area contributed by atoms with E-state index >= 15 is 0 Å². The summed E-state index contributed by atoms with van der Waals surface area (Å²) in [6.45, 7) is -0.247. The van der Waals surface area contributed by atoms with Crippen molar-refractivity contribution >= 4 is 23.4 Å². The summed E-state index contributed by atoms with van der Waals surface area (Å²) in [4.78, 5) is 24.0. The Bertz CT molecular complexity index is 984. The van der Waals surface area contributed by atoms with Crippen LogP contribution in [0.2, 0.25) is 0 Å². The van der Waals surface area contributed by atoms with E-state index in [9.17, 15) is 19.1 Å². The minimum atomic E-state index is -0.582. The molecule has 4 rings (SSSR count). The molecule has 9 heteroatoms. The van der Waals surface area contributed by atoms with Gasteiger partial charge in [0.15, 0.2) is 0 Å². The monoisotopic (exact) mass is 430 g/mol. The number of ether oxygens (including phenoxy) is 3. The number of halogens is 1. The second-order valence-electron chi connectivity index (χ2n) is 7.50. The lowest BCUT2D eigenvalue weighted by Crippen LogP contribution is -2.46. The van der Waals surface area contributed by atoms with E-state index in [0.29, 0.717) is 17.9 Å². The van der Waals surface area contributed by atoms with Gasteiger partial charge in [-0.25, -0.2) is 9.18 Å². The second-order valence-corrected chi connectivity index (χ2v) is 7.50. The summed E-state index contributed by atoms with van der Waals surface area (Å²) in [6.07, 6.45) is -0.804. The van der Waals surface area contributed by atoms with E-state index in [4.69, 9.17) is 14.2 Å². The maximum absolute atomic E-state index is 13.8. The minimum absolute atomic E-state index is 0.0745. The van der Waals surface area contributed by atoms with E-state index in [-0.39, 0.29) is 30.6 Å². The highest BCUT2D eigenvalue weighted by atomic mass is 19.1. The van der Waals surface area contributed by atoms with Crippen LogP contribution in [0.25, 0.3) is 0 Å². The lowest BCUT2D eigenvalue weighted by Gasteiger charge is -2.36. The summed E-state index contributed by atoms with van der Waals surface area (Å²) in [6, 6.07) is 10.5. The van der Waals surface area contributed by atoms with Crippen LogP contribution in [0.15, 0.2) is 42.5 Å². The molecule has 2 aromatic carbocycles. The number of esters is 1. The van der Waals surface area contributed by atoms with Crippen molar-refractivity contribution in [2.75, 3.05) is 24.4 Å². The average Bonchev–Trinajstić information content (AvgIpc) is 3.12. The summed E-state index contributed by atoms with van der Waals surface area (Å²) in [5.74, 6) is -0.404. The maximum atomic E-state index is 13.8. The third-order valence-corrected chi connectivity index (χ3v) is 5.50. The molecule has 4 atom stereocenters. The van der Waals surface area contributed by atoms with Gasteiger partial charge in [0.2, 0.25) is 0 Å². The van der Waals surface area contributed by atoms with Crippen LogP contribution < -0.4 is 15.4 Å². The standard InChI is InChI=1S/C22H23FN2O6/c1-29-20(27)10-13-9-15-14-8-12(6-7-18(14)31-21(15)19(11-26)30-13)24-22(28)25-17-5-3-2-4-16(17)23/h2-8,13,15,19,21,26H,9-11H2,1H3,(H2,24,25,28)/t13-,15+,19-,21-/m0/s1. The lowest BCUT2D eigenvalue weighted by molar-refractivity contribution is -0.156. The van der Waals surface area contributed by atoms with Gasteiger partial charge in [0.1, 0.15) is 23.8 Å². The largest absolute Gasteiger partial charge is 0.487 e. The Morgan fingerprint density at radius 1 is 1.23 bits per heavy atom. The summed E-state index contributed by atoms with van der Waals surface area (Å²) in [5.41, 5.74) is 1.43. The van der Waals surface area contributed by atoms with Gasteiger partial charge in [-0.1, -0.05) is 12.1 Å². The molecule has 3 N–H and O–H groups in total. The number of para-hydroxylation sites is 1. The highest BCUT2D eigenvalue weighted by Crippen LogP contribution is 2.47. The summed E-state index contributed by atoms with van der Waals surface area (Å²) in [7, 11) is 1.32. The molecule has 1 saturated heterocycles. The second kappa shape index (κ2) is 8.91. The first-order valence-corrected chi connectivity index (χ1v) is 9.94. The molecule has 8 nitrogen and oxygen atoms in total. The van der Waals surface area contributed by atoms with Crippen LogP contribution in [-0.4, -0.2) is 49.1 Å². The molecule has 2 aliphatic heterocycles. The van der Waals surface area contributed by atoms with Gasteiger partial charge in [-0.3, -0.25) is 4.79 Å². The van der Waals surface area contributed by atoms with Crippen molar-refractivity contribution in [2.45, 2.75) is 37.1 Å². The molecule has 0 aliphatic carbocycles.